The van der Waals surface area contributed by atoms with E-state index in [9.17, 15) is 0 Å². The molecule has 0 unspecified atom stereocenters. The maximum Gasteiger partial charge on any atom is 0.0660 e. The third kappa shape index (κ3) is 1.64. The molecule has 0 aliphatic carbocycles. The van der Waals surface area contributed by atoms with Crippen LogP contribution < -0.4 is 0 Å². The van der Waals surface area contributed by atoms with E-state index in [1.54, 1.807) is 0 Å². The van der Waals surface area contributed by atoms with Crippen LogP contribution in [0.2, 0.25) is 5.02 Å². The summed E-state index contributed by atoms with van der Waals surface area (Å²) in [6.07, 6.45) is 0. The average molecular weight is 278 g/mol. The Bertz CT molecular complexity index is 907. The molecule has 0 amide bonds. The second kappa shape index (κ2) is 4.39. The average Bonchev–Trinajstić information content (AvgIpc) is 2.89. The van der Waals surface area contributed by atoms with Gasteiger partial charge in [-0.3, -0.25) is 0 Å². The predicted molar refractivity (Wildman–Crippen MR) is 86.3 cm³/mol. The normalized spacial score (nSPS) is 11.2. The Hall–Kier alpha value is -2.25. The molecule has 0 spiro atoms. The fraction of sp³-hybridized carbons (Fsp3) is 0. The van der Waals surface area contributed by atoms with Gasteiger partial charge in [0, 0.05) is 16.3 Å². The van der Waals surface area contributed by atoms with Crippen molar-refractivity contribution in [1.29, 1.82) is 0 Å². The number of nitrogens with one attached hydrogen (secondary N) is 1. The monoisotopic (exact) mass is 277 g/mol. The molecule has 96 valence electrons. The number of H-pyrrole nitrogens is 1. The third-order valence-corrected chi connectivity index (χ3v) is 4.01. The number of aromatic amines is 1. The van der Waals surface area contributed by atoms with Crippen LogP contribution >= 0.6 is 11.6 Å². The first-order valence-electron chi connectivity index (χ1n) is 6.59. The lowest BCUT2D eigenvalue weighted by Crippen LogP contribution is -1.80. The molecule has 1 N–H and O–H groups in total. The first-order chi connectivity index (χ1) is 9.84. The van der Waals surface area contributed by atoms with Gasteiger partial charge in [-0.05, 0) is 23.3 Å². The van der Waals surface area contributed by atoms with Gasteiger partial charge in [0.1, 0.15) is 0 Å². The lowest BCUT2D eigenvalue weighted by Gasteiger charge is -2.05. The molecule has 0 aliphatic heterocycles. The number of halogens is 1. The van der Waals surface area contributed by atoms with Crippen molar-refractivity contribution in [2.24, 2.45) is 0 Å². The van der Waals surface area contributed by atoms with Gasteiger partial charge >= 0.3 is 0 Å². The maximum atomic E-state index is 6.36. The molecule has 0 fully saturated rings. The van der Waals surface area contributed by atoms with Gasteiger partial charge < -0.3 is 4.98 Å². The van der Waals surface area contributed by atoms with Crippen LogP contribution in [0.15, 0.2) is 66.7 Å². The Morgan fingerprint density at radius 1 is 0.750 bits per heavy atom. The van der Waals surface area contributed by atoms with Crippen LogP contribution in [0, 0.1) is 0 Å². The van der Waals surface area contributed by atoms with E-state index in [-0.39, 0.29) is 0 Å². The van der Waals surface area contributed by atoms with Crippen LogP contribution in [-0.4, -0.2) is 4.98 Å². The number of rotatable bonds is 1. The van der Waals surface area contributed by atoms with Gasteiger partial charge in [-0.15, -0.1) is 0 Å². The van der Waals surface area contributed by atoms with Crippen molar-refractivity contribution in [3.05, 3.63) is 71.8 Å². The zero-order valence-electron chi connectivity index (χ0n) is 10.7. The van der Waals surface area contributed by atoms with E-state index in [1.165, 1.54) is 21.9 Å². The van der Waals surface area contributed by atoms with Crippen LogP contribution in [0.5, 0.6) is 0 Å². The molecule has 20 heavy (non-hydrogen) atoms. The zero-order chi connectivity index (χ0) is 13.5. The Balaban J connectivity index is 2.19. The van der Waals surface area contributed by atoms with Crippen molar-refractivity contribution in [2.75, 3.05) is 0 Å². The molecule has 0 saturated carbocycles. The molecule has 0 radical (unpaired) electrons. The zero-order valence-corrected chi connectivity index (χ0v) is 11.5. The molecule has 4 rings (SSSR count). The molecule has 1 nitrogen and oxygen atoms in total. The summed E-state index contributed by atoms with van der Waals surface area (Å²) in [6.45, 7) is 0. The minimum absolute atomic E-state index is 0.760. The Morgan fingerprint density at radius 3 is 2.35 bits per heavy atom. The summed E-state index contributed by atoms with van der Waals surface area (Å²) < 4.78 is 0. The van der Waals surface area contributed by atoms with E-state index >= 15 is 0 Å². The van der Waals surface area contributed by atoms with E-state index < -0.39 is 0 Å². The highest BCUT2D eigenvalue weighted by Crippen LogP contribution is 2.37. The topological polar surface area (TPSA) is 15.8 Å². The first-order valence-corrected chi connectivity index (χ1v) is 6.97. The highest BCUT2D eigenvalue weighted by Gasteiger charge is 2.12. The van der Waals surface area contributed by atoms with E-state index in [2.05, 4.69) is 53.5 Å². The third-order valence-electron chi connectivity index (χ3n) is 3.70. The lowest BCUT2D eigenvalue weighted by molar-refractivity contribution is 1.54. The highest BCUT2D eigenvalue weighted by atomic mass is 35.5. The van der Waals surface area contributed by atoms with E-state index in [0.717, 1.165) is 16.1 Å². The van der Waals surface area contributed by atoms with Crippen LogP contribution in [0.1, 0.15) is 0 Å². The Labute approximate surface area is 121 Å². The van der Waals surface area contributed by atoms with Gasteiger partial charge in [0.05, 0.1) is 10.5 Å². The minimum atomic E-state index is 0.760. The highest BCUT2D eigenvalue weighted by molar-refractivity contribution is 6.37. The molecule has 0 saturated heterocycles. The number of fused-ring (bicyclic) bond motifs is 3. The van der Waals surface area contributed by atoms with Crippen LogP contribution in [0.25, 0.3) is 32.9 Å². The fourth-order valence-electron chi connectivity index (χ4n) is 2.78. The largest absolute Gasteiger partial charge is 0.353 e. The Morgan fingerprint density at radius 2 is 1.50 bits per heavy atom. The number of hydrogen-bond donors (Lipinski definition) is 1. The van der Waals surface area contributed by atoms with Gasteiger partial charge in [0.15, 0.2) is 0 Å². The predicted octanol–water partition coefficient (Wildman–Crippen LogP) is 5.64. The minimum Gasteiger partial charge on any atom is -0.353 e. The van der Waals surface area contributed by atoms with Crippen LogP contribution in [0.3, 0.4) is 0 Å². The summed E-state index contributed by atoms with van der Waals surface area (Å²) in [5, 5.41) is 3.17. The lowest BCUT2D eigenvalue weighted by atomic mass is 9.99. The fourth-order valence-corrected chi connectivity index (χ4v) is 2.99. The summed E-state index contributed by atoms with van der Waals surface area (Å²) in [6, 6.07) is 22.8. The maximum absolute atomic E-state index is 6.36. The summed E-state index contributed by atoms with van der Waals surface area (Å²) in [4.78, 5) is 3.42. The number of aromatic nitrogens is 1. The van der Waals surface area contributed by atoms with Gasteiger partial charge in [0.25, 0.3) is 0 Å². The van der Waals surface area contributed by atoms with E-state index in [4.69, 9.17) is 11.6 Å². The first kappa shape index (κ1) is 11.6. The molecule has 0 atom stereocenters. The summed E-state index contributed by atoms with van der Waals surface area (Å²) in [7, 11) is 0. The summed E-state index contributed by atoms with van der Waals surface area (Å²) in [5.74, 6) is 0. The smallest absolute Gasteiger partial charge is 0.0660 e. The molecule has 1 heterocycles. The quantitative estimate of drug-likeness (QED) is 0.463. The van der Waals surface area contributed by atoms with Crippen molar-refractivity contribution in [3.8, 4) is 11.1 Å². The second-order valence-corrected chi connectivity index (χ2v) is 5.29. The summed E-state index contributed by atoms with van der Waals surface area (Å²) in [5.41, 5.74) is 4.54. The standard InChI is InChI=1S/C18H12ClN/c19-15-11-10-13(12-6-2-1-3-7-12)17-14-8-4-5-9-16(14)20-18(15)17/h1-11,20H. The Kier molecular flexibility index (Phi) is 2.54. The van der Waals surface area contributed by atoms with Crippen molar-refractivity contribution in [2.45, 2.75) is 0 Å². The van der Waals surface area contributed by atoms with Crippen LogP contribution in [0.4, 0.5) is 0 Å². The van der Waals surface area contributed by atoms with Gasteiger partial charge in [-0.25, -0.2) is 0 Å². The molecule has 3 aromatic carbocycles. The number of hydrogen-bond acceptors (Lipinski definition) is 0. The van der Waals surface area contributed by atoms with Crippen molar-refractivity contribution >= 4 is 33.4 Å². The molecule has 0 bridgehead atoms. The van der Waals surface area contributed by atoms with E-state index in [0.29, 0.717) is 0 Å². The van der Waals surface area contributed by atoms with E-state index in [1.807, 2.05) is 18.2 Å². The molecular weight excluding hydrogens is 266 g/mol. The van der Waals surface area contributed by atoms with Crippen molar-refractivity contribution in [3.63, 3.8) is 0 Å². The van der Waals surface area contributed by atoms with Crippen LogP contribution in [-0.2, 0) is 0 Å². The summed E-state index contributed by atoms with van der Waals surface area (Å²) >= 11 is 6.36. The molecule has 1 aromatic heterocycles. The SMILES string of the molecule is Clc1ccc(-c2ccccc2)c2c1[nH]c1ccccc12. The van der Waals surface area contributed by atoms with Crippen molar-refractivity contribution in [1.82, 2.24) is 4.98 Å². The molecule has 0 aliphatic rings. The van der Waals surface area contributed by atoms with Gasteiger partial charge in [-0.2, -0.15) is 0 Å². The van der Waals surface area contributed by atoms with Gasteiger partial charge in [0.2, 0.25) is 0 Å². The number of benzene rings is 3. The molecular formula is C18H12ClN. The molecule has 2 heteroatoms. The number of para-hydroxylation sites is 1. The van der Waals surface area contributed by atoms with Gasteiger partial charge in [-0.1, -0.05) is 66.2 Å². The van der Waals surface area contributed by atoms with Crippen molar-refractivity contribution < 1.29 is 0 Å². The molecule has 4 aromatic rings. The second-order valence-electron chi connectivity index (χ2n) is 4.88.